The average molecular weight is 229 g/mol. The van der Waals surface area contributed by atoms with Gasteiger partial charge in [-0.05, 0) is 20.8 Å². The van der Waals surface area contributed by atoms with Crippen molar-refractivity contribution in [1.82, 2.24) is 19.9 Å². The molecule has 5 heteroatoms. The number of hydrogen-bond acceptors (Lipinski definition) is 5. The van der Waals surface area contributed by atoms with Crippen molar-refractivity contribution in [3.63, 3.8) is 0 Å². The van der Waals surface area contributed by atoms with Crippen LogP contribution >= 0.6 is 0 Å². The Hall–Kier alpha value is -2.04. The second-order valence-corrected chi connectivity index (χ2v) is 3.95. The lowest BCUT2D eigenvalue weighted by Gasteiger charge is -2.07. The predicted molar refractivity (Wildman–Crippen MR) is 65.6 cm³/mol. The molecule has 88 valence electrons. The first kappa shape index (κ1) is 11.4. The first-order chi connectivity index (χ1) is 8.15. The molecule has 0 fully saturated rings. The topological polar surface area (TPSA) is 63.6 Å². The monoisotopic (exact) mass is 229 g/mol. The molecule has 1 N–H and O–H groups in total. The smallest absolute Gasteiger partial charge is 0.148 e. The summed E-state index contributed by atoms with van der Waals surface area (Å²) in [6, 6.07) is 0. The van der Waals surface area contributed by atoms with Crippen molar-refractivity contribution in [3.05, 3.63) is 41.4 Å². The van der Waals surface area contributed by atoms with Crippen LogP contribution in [0.2, 0.25) is 0 Å². The highest BCUT2D eigenvalue weighted by atomic mass is 15.0. The van der Waals surface area contributed by atoms with Crippen LogP contribution in [0.1, 0.15) is 22.8 Å². The second kappa shape index (κ2) is 4.86. The van der Waals surface area contributed by atoms with Gasteiger partial charge in [0.15, 0.2) is 0 Å². The Balaban J connectivity index is 2.07. The Bertz CT molecular complexity index is 507. The molecule has 2 aromatic heterocycles. The number of aryl methyl sites for hydroxylation is 3. The number of rotatable bonds is 3. The van der Waals surface area contributed by atoms with Crippen molar-refractivity contribution in [1.29, 1.82) is 0 Å². The van der Waals surface area contributed by atoms with Crippen LogP contribution in [0.15, 0.2) is 18.6 Å². The van der Waals surface area contributed by atoms with Crippen LogP contribution in [0.4, 0.5) is 5.82 Å². The Morgan fingerprint density at radius 3 is 2.41 bits per heavy atom. The van der Waals surface area contributed by atoms with E-state index < -0.39 is 0 Å². The molecule has 0 aliphatic heterocycles. The quantitative estimate of drug-likeness (QED) is 0.869. The van der Waals surface area contributed by atoms with Crippen LogP contribution in [-0.2, 0) is 6.54 Å². The minimum atomic E-state index is 0.603. The molecule has 5 nitrogen and oxygen atoms in total. The third-order valence-corrected chi connectivity index (χ3v) is 2.35. The van der Waals surface area contributed by atoms with Gasteiger partial charge in [0, 0.05) is 12.4 Å². The van der Waals surface area contributed by atoms with Gasteiger partial charge in [0.25, 0.3) is 0 Å². The zero-order valence-electron chi connectivity index (χ0n) is 10.2. The molecule has 0 bridgehead atoms. The molecule has 2 aromatic rings. The Labute approximate surface area is 100 Å². The first-order valence-corrected chi connectivity index (χ1v) is 5.47. The molecule has 0 aromatic carbocycles. The van der Waals surface area contributed by atoms with E-state index in [0.29, 0.717) is 6.54 Å². The molecule has 0 amide bonds. The summed E-state index contributed by atoms with van der Waals surface area (Å²) in [5, 5.41) is 3.21. The van der Waals surface area contributed by atoms with Gasteiger partial charge in [0.2, 0.25) is 0 Å². The zero-order chi connectivity index (χ0) is 12.3. The summed E-state index contributed by atoms with van der Waals surface area (Å²) >= 11 is 0. The van der Waals surface area contributed by atoms with E-state index in [1.807, 2.05) is 20.8 Å². The number of nitrogens with zero attached hydrogens (tertiary/aromatic N) is 4. The average Bonchev–Trinajstić information content (AvgIpc) is 2.32. The molecule has 2 rings (SSSR count). The molecule has 0 unspecified atom stereocenters. The fourth-order valence-corrected chi connectivity index (χ4v) is 1.39. The second-order valence-electron chi connectivity index (χ2n) is 3.95. The van der Waals surface area contributed by atoms with Gasteiger partial charge in [-0.15, -0.1) is 0 Å². The minimum absolute atomic E-state index is 0.603. The van der Waals surface area contributed by atoms with Gasteiger partial charge in [-0.1, -0.05) is 0 Å². The summed E-state index contributed by atoms with van der Waals surface area (Å²) in [5.74, 6) is 0.798. The molecule has 0 saturated heterocycles. The van der Waals surface area contributed by atoms with E-state index in [1.54, 1.807) is 18.6 Å². The van der Waals surface area contributed by atoms with Crippen LogP contribution in [0.25, 0.3) is 0 Å². The Morgan fingerprint density at radius 1 is 0.941 bits per heavy atom. The number of aromatic nitrogens is 4. The van der Waals surface area contributed by atoms with E-state index in [9.17, 15) is 0 Å². The highest BCUT2D eigenvalue weighted by Crippen LogP contribution is 2.09. The van der Waals surface area contributed by atoms with Gasteiger partial charge >= 0.3 is 0 Å². The van der Waals surface area contributed by atoms with Gasteiger partial charge < -0.3 is 5.32 Å². The maximum Gasteiger partial charge on any atom is 0.148 e. The molecular weight excluding hydrogens is 214 g/mol. The molecule has 0 atom stereocenters. The lowest BCUT2D eigenvalue weighted by atomic mass is 10.3. The Kier molecular flexibility index (Phi) is 3.27. The summed E-state index contributed by atoms with van der Waals surface area (Å²) in [6.45, 7) is 6.37. The van der Waals surface area contributed by atoms with Crippen LogP contribution in [-0.4, -0.2) is 19.9 Å². The van der Waals surface area contributed by atoms with E-state index in [0.717, 1.165) is 28.6 Å². The third kappa shape index (κ3) is 2.96. The maximum absolute atomic E-state index is 4.38. The zero-order valence-corrected chi connectivity index (χ0v) is 10.2. The van der Waals surface area contributed by atoms with E-state index in [2.05, 4.69) is 25.3 Å². The van der Waals surface area contributed by atoms with Crippen molar-refractivity contribution >= 4 is 5.82 Å². The minimum Gasteiger partial charge on any atom is -0.363 e. The Morgan fingerprint density at radius 2 is 1.71 bits per heavy atom. The summed E-state index contributed by atoms with van der Waals surface area (Å²) < 4.78 is 0. The highest BCUT2D eigenvalue weighted by Gasteiger charge is 2.02. The van der Waals surface area contributed by atoms with Crippen molar-refractivity contribution in [3.8, 4) is 0 Å². The van der Waals surface area contributed by atoms with E-state index in [1.165, 1.54) is 0 Å². The van der Waals surface area contributed by atoms with E-state index in [-0.39, 0.29) is 0 Å². The molecule has 0 spiro atoms. The summed E-state index contributed by atoms with van der Waals surface area (Å²) in [6.07, 6.45) is 5.28. The van der Waals surface area contributed by atoms with E-state index in [4.69, 9.17) is 0 Å². The number of anilines is 1. The number of nitrogens with one attached hydrogen (secondary N) is 1. The largest absolute Gasteiger partial charge is 0.363 e. The standard InChI is InChI=1S/C12H15N5/c1-8-4-15-11(6-13-8)7-16-12-10(3)14-5-9(2)17-12/h4-6H,7H2,1-3H3,(H,16,17). The molecular formula is C12H15N5. The van der Waals surface area contributed by atoms with Gasteiger partial charge in [-0.25, -0.2) is 4.98 Å². The van der Waals surface area contributed by atoms with Crippen LogP contribution < -0.4 is 5.32 Å². The van der Waals surface area contributed by atoms with Crippen molar-refractivity contribution in [2.45, 2.75) is 27.3 Å². The lowest BCUT2D eigenvalue weighted by molar-refractivity contribution is 0.958. The highest BCUT2D eigenvalue weighted by molar-refractivity contribution is 5.39. The fraction of sp³-hybridized carbons (Fsp3) is 0.333. The normalized spacial score (nSPS) is 10.3. The summed E-state index contributed by atoms with van der Waals surface area (Å²) in [5.41, 5.74) is 3.59. The predicted octanol–water partition coefficient (Wildman–Crippen LogP) is 1.80. The molecule has 0 radical (unpaired) electrons. The molecule has 17 heavy (non-hydrogen) atoms. The first-order valence-electron chi connectivity index (χ1n) is 5.47. The van der Waals surface area contributed by atoms with Crippen molar-refractivity contribution in [2.75, 3.05) is 5.32 Å². The van der Waals surface area contributed by atoms with Gasteiger partial charge in [0.05, 0.1) is 35.5 Å². The van der Waals surface area contributed by atoms with E-state index >= 15 is 0 Å². The summed E-state index contributed by atoms with van der Waals surface area (Å²) in [7, 11) is 0. The molecule has 0 aliphatic carbocycles. The summed E-state index contributed by atoms with van der Waals surface area (Å²) in [4.78, 5) is 17.1. The maximum atomic E-state index is 4.38. The fourth-order valence-electron chi connectivity index (χ4n) is 1.39. The van der Waals surface area contributed by atoms with Crippen LogP contribution in [0.3, 0.4) is 0 Å². The van der Waals surface area contributed by atoms with Gasteiger partial charge in [-0.2, -0.15) is 0 Å². The lowest BCUT2D eigenvalue weighted by Crippen LogP contribution is -2.07. The molecule has 2 heterocycles. The third-order valence-electron chi connectivity index (χ3n) is 2.35. The van der Waals surface area contributed by atoms with Gasteiger partial charge in [-0.3, -0.25) is 15.0 Å². The SMILES string of the molecule is Cc1cnc(CNc2nc(C)cnc2C)cn1. The van der Waals surface area contributed by atoms with Gasteiger partial charge in [0.1, 0.15) is 5.82 Å². The number of hydrogen-bond donors (Lipinski definition) is 1. The van der Waals surface area contributed by atoms with Crippen molar-refractivity contribution in [2.24, 2.45) is 0 Å². The molecule has 0 saturated carbocycles. The van der Waals surface area contributed by atoms with Crippen molar-refractivity contribution < 1.29 is 0 Å². The van der Waals surface area contributed by atoms with Crippen LogP contribution in [0, 0.1) is 20.8 Å². The van der Waals surface area contributed by atoms with Crippen LogP contribution in [0.5, 0.6) is 0 Å². The molecule has 0 aliphatic rings.